The first-order valence-corrected chi connectivity index (χ1v) is 16.0. The zero-order valence-corrected chi connectivity index (χ0v) is 26.5. The maximum Gasteiger partial charge on any atom is 0.416 e. The third-order valence-corrected chi connectivity index (χ3v) is 9.70. The van der Waals surface area contributed by atoms with Crippen LogP contribution in [0.25, 0.3) is 33.8 Å². The Balaban J connectivity index is 1.32. The third-order valence-electron chi connectivity index (χ3n) is 9.70. The number of imidazole rings is 1. The number of fused-ring (bicyclic) bond motifs is 1. The molecule has 0 spiro atoms. The number of carboxylic acids is 1. The summed E-state index contributed by atoms with van der Waals surface area (Å²) in [4.78, 5) is 28.0. The van der Waals surface area contributed by atoms with Crippen LogP contribution < -0.4 is 4.90 Å². The topological polar surface area (TPSA) is 94.6 Å². The highest BCUT2D eigenvalue weighted by molar-refractivity contribution is 5.91. The monoisotopic (exact) mass is 653 g/mol. The fraction of sp³-hybridized carbons (Fsp3) is 0.457. The summed E-state index contributed by atoms with van der Waals surface area (Å²) in [6.07, 6.45) is 0.459. The number of H-pyrrole nitrogens is 1. The summed E-state index contributed by atoms with van der Waals surface area (Å²) in [7, 11) is 3.62. The van der Waals surface area contributed by atoms with Gasteiger partial charge in [-0.2, -0.15) is 13.2 Å². The first-order valence-electron chi connectivity index (χ1n) is 16.0. The van der Waals surface area contributed by atoms with Crippen molar-refractivity contribution >= 4 is 22.8 Å². The fourth-order valence-corrected chi connectivity index (χ4v) is 7.03. The van der Waals surface area contributed by atoms with Crippen LogP contribution >= 0.6 is 0 Å². The zero-order chi connectivity index (χ0) is 33.3. The second-order valence-electron chi connectivity index (χ2n) is 13.1. The van der Waals surface area contributed by atoms with Crippen LogP contribution in [-0.2, 0) is 15.7 Å². The molecule has 2 aromatic heterocycles. The van der Waals surface area contributed by atoms with Gasteiger partial charge in [-0.3, -0.25) is 4.79 Å². The lowest BCUT2D eigenvalue weighted by Crippen LogP contribution is -2.44. The summed E-state index contributed by atoms with van der Waals surface area (Å²) in [6.45, 7) is 3.54. The van der Waals surface area contributed by atoms with Crippen molar-refractivity contribution in [3.63, 3.8) is 0 Å². The standard InChI is InChI=1S/C35H39F4N5O3/c1-43(20-34(21-47-2)11-3-12-34)29-19-28(25-16-26(35(37,38)39)18-27(36)17-25)40-33-31(29)41-32(42-33)24-6-4-22(5-7-24)23-8-13-44(14-9-23)15-10-30(45)46/h4-7,16-19,23H,3,8-15,20-21H2,1-2H3,(H,45,46)(H,40,41,42). The number of aromatic amines is 1. The SMILES string of the molecule is COCC1(CN(C)c2cc(-c3cc(F)cc(C(F)(F)F)c3)nc3nc(-c4ccc(C5CCN(CCC(=O)O)CC5)cc4)[nH]c23)CCC1. The number of nitrogens with zero attached hydrogens (tertiary/aromatic N) is 4. The number of aliphatic carboxylic acids is 1. The number of methoxy groups -OCH3 is 1. The molecule has 2 N–H and O–H groups in total. The molecule has 47 heavy (non-hydrogen) atoms. The van der Waals surface area contributed by atoms with Crippen molar-refractivity contribution in [2.75, 3.05) is 51.8 Å². The minimum atomic E-state index is -4.71. The van der Waals surface area contributed by atoms with Crippen LogP contribution in [-0.4, -0.2) is 77.9 Å². The molecule has 0 unspecified atom stereocenters. The Kier molecular flexibility index (Phi) is 9.26. The van der Waals surface area contributed by atoms with Crippen LogP contribution in [0.15, 0.2) is 48.5 Å². The summed E-state index contributed by atoms with van der Waals surface area (Å²) in [6, 6.07) is 12.3. The number of nitrogens with one attached hydrogen (secondary N) is 1. The van der Waals surface area contributed by atoms with Crippen molar-refractivity contribution in [3.8, 4) is 22.6 Å². The van der Waals surface area contributed by atoms with E-state index in [4.69, 9.17) is 14.8 Å². The molecule has 1 saturated carbocycles. The molecule has 0 amide bonds. The van der Waals surface area contributed by atoms with Gasteiger partial charge in [0.15, 0.2) is 5.65 Å². The predicted octanol–water partition coefficient (Wildman–Crippen LogP) is 7.36. The second-order valence-corrected chi connectivity index (χ2v) is 13.1. The van der Waals surface area contributed by atoms with Crippen LogP contribution in [0.4, 0.5) is 23.2 Å². The van der Waals surface area contributed by atoms with Crippen LogP contribution in [0.5, 0.6) is 0 Å². The van der Waals surface area contributed by atoms with Gasteiger partial charge in [0.05, 0.1) is 30.0 Å². The lowest BCUT2D eigenvalue weighted by atomic mass is 9.69. The molecular weight excluding hydrogens is 614 g/mol. The average molecular weight is 654 g/mol. The summed E-state index contributed by atoms with van der Waals surface area (Å²) >= 11 is 0. The van der Waals surface area contributed by atoms with Crippen molar-refractivity contribution in [1.29, 1.82) is 0 Å². The van der Waals surface area contributed by atoms with Gasteiger partial charge in [-0.1, -0.05) is 30.7 Å². The van der Waals surface area contributed by atoms with Crippen molar-refractivity contribution < 1.29 is 32.2 Å². The molecular formula is C35H39F4N5O3. The van der Waals surface area contributed by atoms with Crippen LogP contribution in [0.3, 0.4) is 0 Å². The van der Waals surface area contributed by atoms with E-state index in [0.29, 0.717) is 54.4 Å². The number of halogens is 4. The quantitative estimate of drug-likeness (QED) is 0.164. The molecule has 2 fully saturated rings. The van der Waals surface area contributed by atoms with E-state index in [1.165, 1.54) is 5.56 Å². The van der Waals surface area contributed by atoms with E-state index in [9.17, 15) is 22.4 Å². The Morgan fingerprint density at radius 2 is 1.81 bits per heavy atom. The maximum atomic E-state index is 14.5. The largest absolute Gasteiger partial charge is 0.481 e. The summed E-state index contributed by atoms with van der Waals surface area (Å²) < 4.78 is 60.8. The van der Waals surface area contributed by atoms with Crippen molar-refractivity contribution in [2.45, 2.75) is 50.6 Å². The van der Waals surface area contributed by atoms with Gasteiger partial charge in [0.2, 0.25) is 0 Å². The number of hydrogen-bond donors (Lipinski definition) is 2. The average Bonchev–Trinajstić information content (AvgIpc) is 3.46. The van der Waals surface area contributed by atoms with E-state index in [-0.39, 0.29) is 23.1 Å². The summed E-state index contributed by atoms with van der Waals surface area (Å²) in [5.41, 5.74) is 2.82. The smallest absolute Gasteiger partial charge is 0.416 e. The van der Waals surface area contributed by atoms with Gasteiger partial charge in [-0.25, -0.2) is 14.4 Å². The summed E-state index contributed by atoms with van der Waals surface area (Å²) in [5.74, 6) is -0.825. The second kappa shape index (κ2) is 13.2. The molecule has 1 aliphatic carbocycles. The molecule has 0 radical (unpaired) electrons. The van der Waals surface area contributed by atoms with Gasteiger partial charge >= 0.3 is 12.1 Å². The zero-order valence-electron chi connectivity index (χ0n) is 26.5. The van der Waals surface area contributed by atoms with E-state index in [2.05, 4.69) is 31.9 Å². The van der Waals surface area contributed by atoms with E-state index in [1.807, 2.05) is 19.2 Å². The highest BCUT2D eigenvalue weighted by Gasteiger charge is 2.38. The van der Waals surface area contributed by atoms with E-state index in [1.54, 1.807) is 13.2 Å². The lowest BCUT2D eigenvalue weighted by Gasteiger charge is -2.44. The molecule has 2 aromatic carbocycles. The molecule has 250 valence electrons. The minimum absolute atomic E-state index is 0.0204. The van der Waals surface area contributed by atoms with E-state index < -0.39 is 23.5 Å². The number of aromatic nitrogens is 3. The predicted molar refractivity (Wildman–Crippen MR) is 172 cm³/mol. The lowest BCUT2D eigenvalue weighted by molar-refractivity contribution is -0.138. The molecule has 1 aliphatic heterocycles. The third kappa shape index (κ3) is 7.28. The number of carbonyl (C=O) groups is 1. The van der Waals surface area contributed by atoms with Gasteiger partial charge in [0.1, 0.15) is 17.2 Å². The Hall–Kier alpha value is -4.03. The number of hydrogen-bond acceptors (Lipinski definition) is 6. The van der Waals surface area contributed by atoms with Crippen LogP contribution in [0, 0.1) is 11.2 Å². The van der Waals surface area contributed by atoms with Crippen molar-refractivity contribution in [1.82, 2.24) is 19.9 Å². The van der Waals surface area contributed by atoms with Crippen LogP contribution in [0.1, 0.15) is 55.6 Å². The summed E-state index contributed by atoms with van der Waals surface area (Å²) in [5, 5.41) is 8.98. The molecule has 12 heteroatoms. The Morgan fingerprint density at radius 3 is 2.43 bits per heavy atom. The Bertz CT molecular complexity index is 1730. The van der Waals surface area contributed by atoms with Gasteiger partial charge in [0.25, 0.3) is 0 Å². The number of anilines is 1. The molecule has 0 bridgehead atoms. The van der Waals surface area contributed by atoms with Crippen molar-refractivity contribution in [2.24, 2.45) is 5.41 Å². The van der Waals surface area contributed by atoms with Crippen molar-refractivity contribution in [3.05, 3.63) is 65.5 Å². The number of alkyl halides is 3. The number of likely N-dealkylation sites (tertiary alicyclic amines) is 1. The highest BCUT2D eigenvalue weighted by Crippen LogP contribution is 2.43. The highest BCUT2D eigenvalue weighted by atomic mass is 19.4. The molecule has 2 aliphatic rings. The molecule has 3 heterocycles. The Labute approximate surface area is 270 Å². The molecule has 0 atom stereocenters. The maximum absolute atomic E-state index is 14.5. The first-order chi connectivity index (χ1) is 22.4. The normalized spacial score (nSPS) is 17.1. The fourth-order valence-electron chi connectivity index (χ4n) is 7.03. The number of carboxylic acid groups (broad SMARTS) is 1. The van der Waals surface area contributed by atoms with Gasteiger partial charge in [-0.15, -0.1) is 0 Å². The van der Waals surface area contributed by atoms with Gasteiger partial charge in [-0.05, 0) is 74.5 Å². The number of pyridine rings is 1. The molecule has 4 aromatic rings. The number of ether oxygens (including phenoxy) is 1. The van der Waals surface area contributed by atoms with Gasteiger partial charge < -0.3 is 24.6 Å². The van der Waals surface area contributed by atoms with Gasteiger partial charge in [0, 0.05) is 43.8 Å². The van der Waals surface area contributed by atoms with Crippen LogP contribution in [0.2, 0.25) is 0 Å². The minimum Gasteiger partial charge on any atom is -0.481 e. The molecule has 1 saturated heterocycles. The molecule has 8 nitrogen and oxygen atoms in total. The first kappa shape index (κ1) is 32.9. The Morgan fingerprint density at radius 1 is 1.09 bits per heavy atom. The number of benzene rings is 2. The number of rotatable bonds is 11. The molecule has 6 rings (SSSR count). The number of piperidine rings is 1. The van der Waals surface area contributed by atoms with E-state index in [0.717, 1.165) is 62.9 Å². The van der Waals surface area contributed by atoms with E-state index >= 15 is 0 Å².